The monoisotopic (exact) mass is 190 g/mol. The molecule has 0 saturated heterocycles. The van der Waals surface area contributed by atoms with Crippen LogP contribution in [0.1, 0.15) is 17.1 Å². The minimum Gasteiger partial charge on any atom is -0.466 e. The highest BCUT2D eigenvalue weighted by molar-refractivity contribution is 5.80. The van der Waals surface area contributed by atoms with Gasteiger partial charge in [0.15, 0.2) is 0 Å². The molecule has 0 atom stereocenters. The van der Waals surface area contributed by atoms with Crippen LogP contribution in [0.4, 0.5) is 0 Å². The summed E-state index contributed by atoms with van der Waals surface area (Å²) in [4.78, 5) is 0. The summed E-state index contributed by atoms with van der Waals surface area (Å²) in [6, 6.07) is 1.93. The van der Waals surface area contributed by atoms with Gasteiger partial charge in [-0.1, -0.05) is 0 Å². The first-order valence-electron chi connectivity index (χ1n) is 4.22. The molecule has 0 radical (unpaired) electrons. The molecule has 0 amide bonds. The Kier molecular flexibility index (Phi) is 2.14. The van der Waals surface area contributed by atoms with E-state index in [2.05, 4.69) is 15.3 Å². The second-order valence-electron chi connectivity index (χ2n) is 2.96. The molecule has 0 N–H and O–H groups in total. The molecule has 5 heteroatoms. The molecule has 72 valence electrons. The molecule has 0 fully saturated rings. The average Bonchev–Trinajstić information content (AvgIpc) is 2.72. The van der Waals surface area contributed by atoms with Crippen molar-refractivity contribution in [1.29, 1.82) is 0 Å². The van der Waals surface area contributed by atoms with Crippen LogP contribution in [-0.2, 0) is 0 Å². The Balaban J connectivity index is 2.22. The summed E-state index contributed by atoms with van der Waals surface area (Å²) >= 11 is 0. The fourth-order valence-electron chi connectivity index (χ4n) is 1.16. The van der Waals surface area contributed by atoms with Crippen molar-refractivity contribution < 1.29 is 4.42 Å². The van der Waals surface area contributed by atoms with Gasteiger partial charge in [0.25, 0.3) is 0 Å². The molecule has 0 aromatic carbocycles. The van der Waals surface area contributed by atoms with E-state index in [1.165, 1.54) is 17.3 Å². The largest absolute Gasteiger partial charge is 0.466 e. The maximum absolute atomic E-state index is 5.35. The number of hydrogen-bond acceptors (Lipinski definition) is 4. The zero-order valence-corrected chi connectivity index (χ0v) is 8.01. The lowest BCUT2D eigenvalue weighted by atomic mass is 10.3. The summed E-state index contributed by atoms with van der Waals surface area (Å²) < 4.78 is 6.88. The van der Waals surface area contributed by atoms with Crippen LogP contribution < -0.4 is 0 Å². The number of nitrogens with zero attached hydrogens (tertiary/aromatic N) is 4. The standard InChI is InChI=1S/C9H10N4O/c1-7-3-9(8(2)14-7)4-12-13-5-10-11-6-13/h3-6H,1-2H3/b12-4+. The van der Waals surface area contributed by atoms with Crippen LogP contribution in [0, 0.1) is 13.8 Å². The Hall–Kier alpha value is -1.91. The highest BCUT2D eigenvalue weighted by Gasteiger charge is 2.00. The predicted molar refractivity (Wildman–Crippen MR) is 51.2 cm³/mol. The second kappa shape index (κ2) is 3.45. The average molecular weight is 190 g/mol. The van der Waals surface area contributed by atoms with Crippen molar-refractivity contribution in [3.8, 4) is 0 Å². The molecule has 2 aromatic rings. The summed E-state index contributed by atoms with van der Waals surface area (Å²) in [5.41, 5.74) is 0.969. The predicted octanol–water partition coefficient (Wildman–Crippen LogP) is 1.37. The van der Waals surface area contributed by atoms with Gasteiger partial charge in [-0.05, 0) is 19.9 Å². The van der Waals surface area contributed by atoms with Crippen molar-refractivity contribution in [3.05, 3.63) is 35.8 Å². The molecule has 0 unspecified atom stereocenters. The SMILES string of the molecule is Cc1cc(/C=N/n2cnnc2)c(C)o1. The Morgan fingerprint density at radius 3 is 2.64 bits per heavy atom. The molecule has 2 aromatic heterocycles. The first-order chi connectivity index (χ1) is 6.75. The zero-order chi connectivity index (χ0) is 9.97. The van der Waals surface area contributed by atoms with E-state index in [0.717, 1.165) is 17.1 Å². The van der Waals surface area contributed by atoms with Gasteiger partial charge < -0.3 is 4.42 Å². The molecule has 5 nitrogen and oxygen atoms in total. The van der Waals surface area contributed by atoms with Crippen LogP contribution in [0.3, 0.4) is 0 Å². The molecule has 0 spiro atoms. The molecule has 0 aliphatic carbocycles. The Bertz CT molecular complexity index is 441. The maximum atomic E-state index is 5.35. The van der Waals surface area contributed by atoms with Crippen LogP contribution in [-0.4, -0.2) is 21.1 Å². The first-order valence-corrected chi connectivity index (χ1v) is 4.22. The molecule has 2 rings (SSSR count). The molecular weight excluding hydrogens is 180 g/mol. The van der Waals surface area contributed by atoms with Gasteiger partial charge in [0.1, 0.15) is 24.2 Å². The number of aryl methyl sites for hydroxylation is 2. The summed E-state index contributed by atoms with van der Waals surface area (Å²) in [6.07, 6.45) is 4.77. The van der Waals surface area contributed by atoms with Gasteiger partial charge in [-0.2, -0.15) is 5.10 Å². The quantitative estimate of drug-likeness (QED) is 0.672. The van der Waals surface area contributed by atoms with Crippen molar-refractivity contribution in [3.63, 3.8) is 0 Å². The van der Waals surface area contributed by atoms with Crippen molar-refractivity contribution in [2.45, 2.75) is 13.8 Å². The third-order valence-corrected chi connectivity index (χ3v) is 1.82. The van der Waals surface area contributed by atoms with E-state index < -0.39 is 0 Å². The van der Waals surface area contributed by atoms with Crippen molar-refractivity contribution >= 4 is 6.21 Å². The van der Waals surface area contributed by atoms with E-state index in [-0.39, 0.29) is 0 Å². The first kappa shape index (κ1) is 8.68. The highest BCUT2D eigenvalue weighted by atomic mass is 16.3. The fraction of sp³-hybridized carbons (Fsp3) is 0.222. The van der Waals surface area contributed by atoms with E-state index in [4.69, 9.17) is 4.42 Å². The van der Waals surface area contributed by atoms with Gasteiger partial charge in [0, 0.05) is 5.56 Å². The number of furan rings is 1. The van der Waals surface area contributed by atoms with Gasteiger partial charge >= 0.3 is 0 Å². The third-order valence-electron chi connectivity index (χ3n) is 1.82. The van der Waals surface area contributed by atoms with Gasteiger partial charge in [0.05, 0.1) is 6.21 Å². The lowest BCUT2D eigenvalue weighted by Gasteiger charge is -1.88. The second-order valence-corrected chi connectivity index (χ2v) is 2.96. The lowest BCUT2D eigenvalue weighted by Crippen LogP contribution is -1.86. The number of hydrogen-bond donors (Lipinski definition) is 0. The molecule has 0 aliphatic rings. The van der Waals surface area contributed by atoms with Crippen molar-refractivity contribution in [1.82, 2.24) is 14.9 Å². The Labute approximate surface area is 81.1 Å². The summed E-state index contributed by atoms with van der Waals surface area (Å²) in [5, 5.41) is 11.4. The van der Waals surface area contributed by atoms with Gasteiger partial charge in [-0.25, -0.2) is 4.68 Å². The van der Waals surface area contributed by atoms with E-state index in [9.17, 15) is 0 Å². The van der Waals surface area contributed by atoms with E-state index in [0.29, 0.717) is 0 Å². The van der Waals surface area contributed by atoms with Crippen molar-refractivity contribution in [2.24, 2.45) is 5.10 Å². The molecule has 0 saturated carbocycles. The van der Waals surface area contributed by atoms with E-state index in [1.54, 1.807) is 6.21 Å². The summed E-state index contributed by atoms with van der Waals surface area (Å²) in [5.74, 6) is 1.74. The van der Waals surface area contributed by atoms with Crippen LogP contribution in [0.2, 0.25) is 0 Å². The normalized spacial score (nSPS) is 11.3. The van der Waals surface area contributed by atoms with Crippen LogP contribution in [0.15, 0.2) is 28.2 Å². The fourth-order valence-corrected chi connectivity index (χ4v) is 1.16. The minimum atomic E-state index is 0.860. The maximum Gasteiger partial charge on any atom is 0.141 e. The van der Waals surface area contributed by atoms with Gasteiger partial charge in [0.2, 0.25) is 0 Å². The summed E-state index contributed by atoms with van der Waals surface area (Å²) in [6.45, 7) is 3.81. The van der Waals surface area contributed by atoms with Crippen LogP contribution in [0.5, 0.6) is 0 Å². The highest BCUT2D eigenvalue weighted by Crippen LogP contribution is 2.10. The van der Waals surface area contributed by atoms with Gasteiger partial charge in [-0.3, -0.25) is 0 Å². The van der Waals surface area contributed by atoms with Crippen molar-refractivity contribution in [2.75, 3.05) is 0 Å². The molecule has 14 heavy (non-hydrogen) atoms. The summed E-state index contributed by atoms with van der Waals surface area (Å²) in [7, 11) is 0. The third kappa shape index (κ3) is 1.71. The smallest absolute Gasteiger partial charge is 0.141 e. The van der Waals surface area contributed by atoms with E-state index in [1.807, 2.05) is 19.9 Å². The number of rotatable bonds is 2. The Morgan fingerprint density at radius 1 is 1.36 bits per heavy atom. The number of aromatic nitrogens is 3. The molecular formula is C9H10N4O. The Morgan fingerprint density at radius 2 is 2.07 bits per heavy atom. The zero-order valence-electron chi connectivity index (χ0n) is 8.01. The molecule has 0 bridgehead atoms. The minimum absolute atomic E-state index is 0.860. The topological polar surface area (TPSA) is 56.2 Å². The van der Waals surface area contributed by atoms with Crippen LogP contribution >= 0.6 is 0 Å². The van der Waals surface area contributed by atoms with Crippen LogP contribution in [0.25, 0.3) is 0 Å². The molecule has 2 heterocycles. The van der Waals surface area contributed by atoms with E-state index >= 15 is 0 Å². The molecule has 0 aliphatic heterocycles. The van der Waals surface area contributed by atoms with Gasteiger partial charge in [-0.15, -0.1) is 10.2 Å². The lowest BCUT2D eigenvalue weighted by molar-refractivity contribution is 0.504.